The van der Waals surface area contributed by atoms with E-state index in [4.69, 9.17) is 0 Å². The molecule has 1 aromatic carbocycles. The van der Waals surface area contributed by atoms with Crippen molar-refractivity contribution in [3.63, 3.8) is 0 Å². The van der Waals surface area contributed by atoms with E-state index in [0.717, 1.165) is 43.0 Å². The fourth-order valence-corrected chi connectivity index (χ4v) is 3.74. The molecule has 5 rings (SSSR count). The van der Waals surface area contributed by atoms with E-state index in [1.165, 1.54) is 6.07 Å². The molecule has 0 aliphatic carbocycles. The summed E-state index contributed by atoms with van der Waals surface area (Å²) in [4.78, 5) is 4.37. The zero-order valence-electron chi connectivity index (χ0n) is 15.0. The molecule has 4 heterocycles. The highest BCUT2D eigenvalue weighted by atomic mass is 19.1. The zero-order chi connectivity index (χ0) is 18.4. The normalized spacial score (nSPS) is 15.6. The average Bonchev–Trinajstić information content (AvgIpc) is 3.07. The predicted molar refractivity (Wildman–Crippen MR) is 101 cm³/mol. The number of rotatable bonds is 2. The maximum Gasteiger partial charge on any atom is 0.153 e. The molecule has 0 unspecified atom stereocenters. The van der Waals surface area contributed by atoms with Crippen molar-refractivity contribution in [2.75, 3.05) is 13.1 Å². The minimum absolute atomic E-state index is 0.295. The van der Waals surface area contributed by atoms with Gasteiger partial charge in [-0.25, -0.2) is 13.9 Å². The molecular weight excluding hydrogens is 343 g/mol. The standard InChI is InChI=1S/C20H19FN6/c1-12-11-27-20(23-12)3-2-17(26-27)14-8-16(21)15-10-18(24-25-19(15)9-14)13-4-6-22-7-5-13/h2-3,8-11,13,22H,4-7H2,1H3. The first-order chi connectivity index (χ1) is 13.2. The van der Waals surface area contributed by atoms with Crippen molar-refractivity contribution in [3.05, 3.63) is 53.7 Å². The predicted octanol–water partition coefficient (Wildman–Crippen LogP) is 3.25. The number of aromatic nitrogens is 5. The molecule has 0 atom stereocenters. The van der Waals surface area contributed by atoms with E-state index in [1.807, 2.05) is 37.4 Å². The summed E-state index contributed by atoms with van der Waals surface area (Å²) in [6.07, 6.45) is 3.86. The van der Waals surface area contributed by atoms with E-state index < -0.39 is 0 Å². The summed E-state index contributed by atoms with van der Waals surface area (Å²) in [7, 11) is 0. The van der Waals surface area contributed by atoms with Crippen LogP contribution in [0.25, 0.3) is 27.8 Å². The maximum absolute atomic E-state index is 14.9. The van der Waals surface area contributed by atoms with Crippen LogP contribution in [0.5, 0.6) is 0 Å². The van der Waals surface area contributed by atoms with Crippen molar-refractivity contribution in [1.82, 2.24) is 30.1 Å². The first-order valence-electron chi connectivity index (χ1n) is 9.18. The second kappa shape index (κ2) is 6.35. The number of halogens is 1. The highest BCUT2D eigenvalue weighted by Crippen LogP contribution is 2.29. The average molecular weight is 362 g/mol. The monoisotopic (exact) mass is 362 g/mol. The van der Waals surface area contributed by atoms with Gasteiger partial charge in [-0.1, -0.05) is 0 Å². The van der Waals surface area contributed by atoms with Crippen LogP contribution >= 0.6 is 0 Å². The van der Waals surface area contributed by atoms with E-state index in [1.54, 1.807) is 4.52 Å². The van der Waals surface area contributed by atoms with E-state index in [-0.39, 0.29) is 5.82 Å². The van der Waals surface area contributed by atoms with Crippen molar-refractivity contribution in [2.24, 2.45) is 0 Å². The molecule has 0 radical (unpaired) electrons. The third kappa shape index (κ3) is 2.94. The molecule has 1 saturated heterocycles. The summed E-state index contributed by atoms with van der Waals surface area (Å²) >= 11 is 0. The van der Waals surface area contributed by atoms with Crippen LogP contribution in [0.4, 0.5) is 4.39 Å². The fourth-order valence-electron chi connectivity index (χ4n) is 3.74. The van der Waals surface area contributed by atoms with Gasteiger partial charge in [-0.15, -0.1) is 0 Å². The smallest absolute Gasteiger partial charge is 0.153 e. The number of hydrogen-bond acceptors (Lipinski definition) is 5. The van der Waals surface area contributed by atoms with Gasteiger partial charge in [0.1, 0.15) is 5.82 Å². The molecule has 1 aliphatic heterocycles. The molecule has 1 aliphatic rings. The molecule has 27 heavy (non-hydrogen) atoms. The van der Waals surface area contributed by atoms with Gasteiger partial charge in [-0.3, -0.25) is 0 Å². The summed E-state index contributed by atoms with van der Waals surface area (Å²) in [5.41, 5.74) is 4.43. The van der Waals surface area contributed by atoms with Gasteiger partial charge in [0.2, 0.25) is 0 Å². The van der Waals surface area contributed by atoms with Crippen molar-refractivity contribution in [1.29, 1.82) is 0 Å². The van der Waals surface area contributed by atoms with Gasteiger partial charge in [0.05, 0.1) is 28.8 Å². The van der Waals surface area contributed by atoms with Gasteiger partial charge in [-0.2, -0.15) is 15.3 Å². The van der Waals surface area contributed by atoms with Crippen LogP contribution in [0.1, 0.15) is 30.1 Å². The lowest BCUT2D eigenvalue weighted by atomic mass is 9.93. The largest absolute Gasteiger partial charge is 0.317 e. The molecule has 136 valence electrons. The van der Waals surface area contributed by atoms with Crippen molar-refractivity contribution in [2.45, 2.75) is 25.7 Å². The SMILES string of the molecule is Cc1cn2nc(-c3cc(F)c4cc(C5CCNCC5)nnc4c3)ccc2n1. The first-order valence-corrected chi connectivity index (χ1v) is 9.18. The van der Waals surface area contributed by atoms with Crippen LogP contribution in [0, 0.1) is 12.7 Å². The summed E-state index contributed by atoms with van der Waals surface area (Å²) in [6, 6.07) is 8.94. The van der Waals surface area contributed by atoms with Gasteiger partial charge in [-0.05, 0) is 63.2 Å². The summed E-state index contributed by atoms with van der Waals surface area (Å²) < 4.78 is 16.6. The Balaban J connectivity index is 1.57. The topological polar surface area (TPSA) is 68.0 Å². The Labute approximate surface area is 155 Å². The quantitative estimate of drug-likeness (QED) is 0.593. The van der Waals surface area contributed by atoms with Crippen LogP contribution in [0.3, 0.4) is 0 Å². The molecule has 4 aromatic rings. The first kappa shape index (κ1) is 16.3. The number of aryl methyl sites for hydroxylation is 1. The molecule has 1 N–H and O–H groups in total. The second-order valence-electron chi connectivity index (χ2n) is 7.09. The van der Waals surface area contributed by atoms with Crippen molar-refractivity contribution < 1.29 is 4.39 Å². The molecule has 7 heteroatoms. The molecule has 6 nitrogen and oxygen atoms in total. The summed E-state index contributed by atoms with van der Waals surface area (Å²) in [5.74, 6) is 0.0482. The molecule has 0 amide bonds. The lowest BCUT2D eigenvalue weighted by Gasteiger charge is -2.21. The number of piperidine rings is 1. The summed E-state index contributed by atoms with van der Waals surface area (Å²) in [5, 5.41) is 17.1. The van der Waals surface area contributed by atoms with Crippen molar-refractivity contribution in [3.8, 4) is 11.3 Å². The Morgan fingerprint density at radius 3 is 2.81 bits per heavy atom. The highest BCUT2D eigenvalue weighted by Gasteiger charge is 2.18. The molecule has 0 saturated carbocycles. The second-order valence-corrected chi connectivity index (χ2v) is 7.09. The Morgan fingerprint density at radius 1 is 1.11 bits per heavy atom. The molecule has 3 aromatic heterocycles. The van der Waals surface area contributed by atoms with Gasteiger partial charge in [0, 0.05) is 16.9 Å². The minimum Gasteiger partial charge on any atom is -0.317 e. The lowest BCUT2D eigenvalue weighted by Crippen LogP contribution is -2.27. The number of fused-ring (bicyclic) bond motifs is 2. The number of benzene rings is 1. The van der Waals surface area contributed by atoms with Gasteiger partial charge in [0.15, 0.2) is 5.65 Å². The number of nitrogens with one attached hydrogen (secondary N) is 1. The minimum atomic E-state index is -0.295. The maximum atomic E-state index is 14.9. The van der Waals surface area contributed by atoms with E-state index in [2.05, 4.69) is 25.6 Å². The van der Waals surface area contributed by atoms with E-state index in [0.29, 0.717) is 28.1 Å². The van der Waals surface area contributed by atoms with Crippen LogP contribution in [0.2, 0.25) is 0 Å². The zero-order valence-corrected chi connectivity index (χ0v) is 15.0. The summed E-state index contributed by atoms with van der Waals surface area (Å²) in [6.45, 7) is 3.85. The molecule has 1 fully saturated rings. The van der Waals surface area contributed by atoms with Crippen LogP contribution in [-0.4, -0.2) is 37.9 Å². The van der Waals surface area contributed by atoms with Crippen LogP contribution in [0.15, 0.2) is 36.5 Å². The van der Waals surface area contributed by atoms with Gasteiger partial charge >= 0.3 is 0 Å². The third-order valence-corrected chi connectivity index (χ3v) is 5.17. The Morgan fingerprint density at radius 2 is 1.96 bits per heavy atom. The third-order valence-electron chi connectivity index (χ3n) is 5.17. The van der Waals surface area contributed by atoms with Crippen LogP contribution in [-0.2, 0) is 0 Å². The number of hydrogen-bond donors (Lipinski definition) is 1. The van der Waals surface area contributed by atoms with Gasteiger partial charge in [0.25, 0.3) is 0 Å². The van der Waals surface area contributed by atoms with Gasteiger partial charge < -0.3 is 5.32 Å². The number of imidazole rings is 1. The van der Waals surface area contributed by atoms with E-state index >= 15 is 0 Å². The van der Waals surface area contributed by atoms with Crippen molar-refractivity contribution >= 4 is 16.6 Å². The highest BCUT2D eigenvalue weighted by molar-refractivity contribution is 5.84. The fraction of sp³-hybridized carbons (Fsp3) is 0.300. The van der Waals surface area contributed by atoms with E-state index in [9.17, 15) is 4.39 Å². The van der Waals surface area contributed by atoms with Crippen LogP contribution < -0.4 is 5.32 Å². The Bertz CT molecular complexity index is 1150. The molecule has 0 bridgehead atoms. The Hall–Kier alpha value is -2.93. The number of nitrogens with zero attached hydrogens (tertiary/aromatic N) is 5. The Kier molecular flexibility index (Phi) is 3.82. The lowest BCUT2D eigenvalue weighted by molar-refractivity contribution is 0.451. The molecule has 0 spiro atoms. The molecular formula is C20H19FN6.